The number of rotatable bonds is 6. The van der Waals surface area contributed by atoms with Crippen LogP contribution < -0.4 is 5.14 Å². The molecule has 3 N–H and O–H groups in total. The SMILES string of the molecule is CC(C)=CCC/C(C)=C\C(O)c1ccccc1S(N)(=O)=O. The van der Waals surface area contributed by atoms with E-state index in [1.165, 1.54) is 11.6 Å². The highest BCUT2D eigenvalue weighted by molar-refractivity contribution is 7.89. The lowest BCUT2D eigenvalue weighted by Gasteiger charge is -2.12. The maximum absolute atomic E-state index is 11.5. The van der Waals surface area contributed by atoms with Gasteiger partial charge < -0.3 is 5.11 Å². The van der Waals surface area contributed by atoms with Crippen molar-refractivity contribution in [3.05, 3.63) is 53.1 Å². The molecule has 0 aliphatic carbocycles. The zero-order chi connectivity index (χ0) is 16.0. The predicted molar refractivity (Wildman–Crippen MR) is 85.2 cm³/mol. The average molecular weight is 309 g/mol. The second-order valence-electron chi connectivity index (χ2n) is 5.36. The molecule has 0 aliphatic rings. The van der Waals surface area contributed by atoms with Gasteiger partial charge in [-0.2, -0.15) is 0 Å². The van der Waals surface area contributed by atoms with Gasteiger partial charge in [-0.05, 0) is 39.7 Å². The second kappa shape index (κ2) is 7.54. The third-order valence-corrected chi connectivity index (χ3v) is 4.06. The van der Waals surface area contributed by atoms with Gasteiger partial charge in [0.1, 0.15) is 0 Å². The Morgan fingerprint density at radius 3 is 2.48 bits per heavy atom. The van der Waals surface area contributed by atoms with Crippen LogP contribution in [0.1, 0.15) is 45.3 Å². The van der Waals surface area contributed by atoms with Gasteiger partial charge in [-0.3, -0.25) is 0 Å². The fourth-order valence-electron chi connectivity index (χ4n) is 2.02. The van der Waals surface area contributed by atoms with E-state index in [-0.39, 0.29) is 4.90 Å². The molecule has 0 amide bonds. The van der Waals surface area contributed by atoms with E-state index in [1.807, 2.05) is 20.8 Å². The lowest BCUT2D eigenvalue weighted by atomic mass is 10.0. The van der Waals surface area contributed by atoms with Gasteiger partial charge in [-0.1, -0.05) is 41.5 Å². The van der Waals surface area contributed by atoms with Crippen LogP contribution in [-0.4, -0.2) is 13.5 Å². The van der Waals surface area contributed by atoms with E-state index in [9.17, 15) is 13.5 Å². The van der Waals surface area contributed by atoms with E-state index in [4.69, 9.17) is 5.14 Å². The smallest absolute Gasteiger partial charge is 0.238 e. The highest BCUT2D eigenvalue weighted by atomic mass is 32.2. The molecule has 1 unspecified atom stereocenters. The van der Waals surface area contributed by atoms with Gasteiger partial charge >= 0.3 is 0 Å². The number of hydrogen-bond acceptors (Lipinski definition) is 3. The van der Waals surface area contributed by atoms with Gasteiger partial charge in [-0.25, -0.2) is 13.6 Å². The fourth-order valence-corrected chi connectivity index (χ4v) is 2.80. The number of hydrogen-bond donors (Lipinski definition) is 2. The van der Waals surface area contributed by atoms with Crippen LogP contribution in [0.4, 0.5) is 0 Å². The summed E-state index contributed by atoms with van der Waals surface area (Å²) in [6, 6.07) is 6.24. The van der Waals surface area contributed by atoms with E-state index >= 15 is 0 Å². The third kappa shape index (κ3) is 5.83. The number of allylic oxidation sites excluding steroid dienone is 3. The van der Waals surface area contributed by atoms with Crippen LogP contribution in [0.5, 0.6) is 0 Å². The van der Waals surface area contributed by atoms with E-state index in [0.717, 1.165) is 18.4 Å². The van der Waals surface area contributed by atoms with Gasteiger partial charge in [0.05, 0.1) is 11.0 Å². The lowest BCUT2D eigenvalue weighted by molar-refractivity contribution is 0.224. The Kier molecular flexibility index (Phi) is 6.33. The van der Waals surface area contributed by atoms with Crippen LogP contribution >= 0.6 is 0 Å². The Balaban J connectivity index is 2.94. The molecule has 0 saturated carbocycles. The van der Waals surface area contributed by atoms with Crippen molar-refractivity contribution in [2.45, 2.75) is 44.6 Å². The Hall–Kier alpha value is -1.43. The molecule has 116 valence electrons. The van der Waals surface area contributed by atoms with Gasteiger partial charge in [0.25, 0.3) is 0 Å². The van der Waals surface area contributed by atoms with E-state index in [0.29, 0.717) is 5.56 Å². The number of aliphatic hydroxyl groups excluding tert-OH is 1. The third-order valence-electron chi connectivity index (χ3n) is 3.08. The Morgan fingerprint density at radius 1 is 1.29 bits per heavy atom. The summed E-state index contributed by atoms with van der Waals surface area (Å²) in [5, 5.41) is 15.4. The van der Waals surface area contributed by atoms with Crippen molar-refractivity contribution >= 4 is 10.0 Å². The van der Waals surface area contributed by atoms with Gasteiger partial charge in [0.15, 0.2) is 0 Å². The minimum atomic E-state index is -3.84. The van der Waals surface area contributed by atoms with Crippen LogP contribution in [0.25, 0.3) is 0 Å². The van der Waals surface area contributed by atoms with Crippen LogP contribution in [-0.2, 0) is 10.0 Å². The van der Waals surface area contributed by atoms with E-state index < -0.39 is 16.1 Å². The molecular weight excluding hydrogens is 286 g/mol. The molecule has 0 spiro atoms. The maximum Gasteiger partial charge on any atom is 0.238 e. The first-order valence-corrected chi connectivity index (χ1v) is 8.37. The van der Waals surface area contributed by atoms with Gasteiger partial charge in [-0.15, -0.1) is 0 Å². The Labute approximate surface area is 127 Å². The Morgan fingerprint density at radius 2 is 1.90 bits per heavy atom. The first-order valence-electron chi connectivity index (χ1n) is 6.82. The van der Waals surface area contributed by atoms with Crippen LogP contribution in [0, 0.1) is 0 Å². The number of sulfonamides is 1. The van der Waals surface area contributed by atoms with Gasteiger partial charge in [0, 0.05) is 5.56 Å². The minimum absolute atomic E-state index is 0.0363. The lowest BCUT2D eigenvalue weighted by Crippen LogP contribution is -2.15. The molecular formula is C16H23NO3S. The van der Waals surface area contributed by atoms with Crippen molar-refractivity contribution < 1.29 is 13.5 Å². The normalized spacial score (nSPS) is 13.9. The number of aliphatic hydroxyl groups is 1. The highest BCUT2D eigenvalue weighted by Gasteiger charge is 2.17. The zero-order valence-corrected chi connectivity index (χ0v) is 13.5. The zero-order valence-electron chi connectivity index (χ0n) is 12.7. The molecule has 1 atom stereocenters. The van der Waals surface area contributed by atoms with Crippen LogP contribution in [0.15, 0.2) is 52.5 Å². The van der Waals surface area contributed by atoms with Crippen molar-refractivity contribution in [3.8, 4) is 0 Å². The van der Waals surface area contributed by atoms with Crippen molar-refractivity contribution in [1.29, 1.82) is 0 Å². The van der Waals surface area contributed by atoms with Crippen molar-refractivity contribution in [1.82, 2.24) is 0 Å². The average Bonchev–Trinajstić information content (AvgIpc) is 2.37. The summed E-state index contributed by atoms with van der Waals surface area (Å²) in [5.41, 5.74) is 2.56. The van der Waals surface area contributed by atoms with Crippen LogP contribution in [0.2, 0.25) is 0 Å². The summed E-state index contributed by atoms with van der Waals surface area (Å²) >= 11 is 0. The quantitative estimate of drug-likeness (QED) is 0.792. The van der Waals surface area contributed by atoms with E-state index in [1.54, 1.807) is 24.3 Å². The summed E-state index contributed by atoms with van der Waals surface area (Å²) < 4.78 is 23.1. The molecule has 4 nitrogen and oxygen atoms in total. The summed E-state index contributed by atoms with van der Waals surface area (Å²) in [6.07, 6.45) is 4.53. The predicted octanol–water partition coefficient (Wildman–Crippen LogP) is 3.06. The molecule has 21 heavy (non-hydrogen) atoms. The monoisotopic (exact) mass is 309 g/mol. The number of benzene rings is 1. The second-order valence-corrected chi connectivity index (χ2v) is 6.89. The first-order chi connectivity index (χ1) is 9.71. The molecule has 0 aromatic heterocycles. The molecule has 1 aromatic carbocycles. The van der Waals surface area contributed by atoms with Crippen LogP contribution in [0.3, 0.4) is 0 Å². The first kappa shape index (κ1) is 17.6. The summed E-state index contributed by atoms with van der Waals surface area (Å²) in [4.78, 5) is -0.0363. The molecule has 0 bridgehead atoms. The Bertz CT molecular complexity index is 641. The molecule has 5 heteroatoms. The minimum Gasteiger partial charge on any atom is -0.384 e. The number of nitrogens with two attached hydrogens (primary N) is 1. The summed E-state index contributed by atoms with van der Waals surface area (Å²) in [7, 11) is -3.84. The summed E-state index contributed by atoms with van der Waals surface area (Å²) in [5.74, 6) is 0. The molecule has 0 heterocycles. The van der Waals surface area contributed by atoms with Gasteiger partial charge in [0.2, 0.25) is 10.0 Å². The largest absolute Gasteiger partial charge is 0.384 e. The molecule has 0 radical (unpaired) electrons. The van der Waals surface area contributed by atoms with Crippen molar-refractivity contribution in [2.75, 3.05) is 0 Å². The molecule has 0 fully saturated rings. The van der Waals surface area contributed by atoms with Crippen molar-refractivity contribution in [2.24, 2.45) is 5.14 Å². The molecule has 0 saturated heterocycles. The van der Waals surface area contributed by atoms with E-state index in [2.05, 4.69) is 6.08 Å². The fraction of sp³-hybridized carbons (Fsp3) is 0.375. The topological polar surface area (TPSA) is 80.4 Å². The maximum atomic E-state index is 11.5. The van der Waals surface area contributed by atoms with Crippen molar-refractivity contribution in [3.63, 3.8) is 0 Å². The highest BCUT2D eigenvalue weighted by Crippen LogP contribution is 2.24. The standard InChI is InChI=1S/C16H23NO3S/c1-12(2)7-6-8-13(3)11-15(18)14-9-4-5-10-16(14)21(17,19)20/h4-5,7,9-11,15,18H,6,8H2,1-3H3,(H2,17,19,20)/b13-11-. The molecule has 1 rings (SSSR count). The molecule has 0 aliphatic heterocycles. The number of primary sulfonamides is 1. The molecule has 1 aromatic rings. The summed E-state index contributed by atoms with van der Waals surface area (Å²) in [6.45, 7) is 5.99.